The Bertz CT molecular complexity index is 231. The highest BCUT2D eigenvalue weighted by atomic mass is 16.3. The lowest BCUT2D eigenvalue weighted by Gasteiger charge is -2.03. The molecule has 0 fully saturated rings. The zero-order chi connectivity index (χ0) is 9.56. The van der Waals surface area contributed by atoms with Crippen LogP contribution in [0.5, 0.6) is 0 Å². The summed E-state index contributed by atoms with van der Waals surface area (Å²) in [6, 6.07) is 2.09. The van der Waals surface area contributed by atoms with Crippen molar-refractivity contribution in [2.45, 2.75) is 33.3 Å². The van der Waals surface area contributed by atoms with Crippen LogP contribution < -0.4 is 0 Å². The SMILES string of the molecule is C/C=C(C#N)/C(=C\C(C)O)CC. The highest BCUT2D eigenvalue weighted by Gasteiger charge is 2.01. The van der Waals surface area contributed by atoms with E-state index in [-0.39, 0.29) is 0 Å². The van der Waals surface area contributed by atoms with Crippen LogP contribution in [0.2, 0.25) is 0 Å². The molecule has 0 aromatic rings. The summed E-state index contributed by atoms with van der Waals surface area (Å²) in [6.07, 6.45) is 3.76. The van der Waals surface area contributed by atoms with Gasteiger partial charge in [0.25, 0.3) is 0 Å². The highest BCUT2D eigenvalue weighted by molar-refractivity contribution is 5.41. The van der Waals surface area contributed by atoms with E-state index in [0.29, 0.717) is 5.57 Å². The lowest BCUT2D eigenvalue weighted by Crippen LogP contribution is -1.97. The quantitative estimate of drug-likeness (QED) is 0.514. The summed E-state index contributed by atoms with van der Waals surface area (Å²) < 4.78 is 0. The number of rotatable bonds is 3. The molecule has 0 spiro atoms. The Hall–Kier alpha value is -1.07. The minimum absolute atomic E-state index is 0.483. The second kappa shape index (κ2) is 5.56. The van der Waals surface area contributed by atoms with Gasteiger partial charge in [0.15, 0.2) is 0 Å². The molecule has 0 aliphatic rings. The van der Waals surface area contributed by atoms with E-state index in [1.165, 1.54) is 0 Å². The van der Waals surface area contributed by atoms with Crippen LogP contribution in [-0.2, 0) is 0 Å². The van der Waals surface area contributed by atoms with Crippen molar-refractivity contribution in [2.24, 2.45) is 0 Å². The zero-order valence-corrected chi connectivity index (χ0v) is 7.83. The van der Waals surface area contributed by atoms with E-state index in [1.54, 1.807) is 19.1 Å². The molecule has 0 rings (SSSR count). The van der Waals surface area contributed by atoms with Crippen molar-refractivity contribution in [3.05, 3.63) is 23.3 Å². The number of allylic oxidation sites excluding steroid dienone is 3. The van der Waals surface area contributed by atoms with Crippen molar-refractivity contribution in [3.8, 4) is 6.07 Å². The van der Waals surface area contributed by atoms with Gasteiger partial charge in [-0.1, -0.05) is 19.1 Å². The van der Waals surface area contributed by atoms with Crippen LogP contribution in [0.1, 0.15) is 27.2 Å². The van der Waals surface area contributed by atoms with E-state index >= 15 is 0 Å². The van der Waals surface area contributed by atoms with E-state index < -0.39 is 6.10 Å². The average Bonchev–Trinajstić information content (AvgIpc) is 2.04. The summed E-state index contributed by atoms with van der Waals surface area (Å²) in [6.45, 7) is 5.47. The minimum Gasteiger partial charge on any atom is -0.389 e. The molecule has 1 N–H and O–H groups in total. The zero-order valence-electron chi connectivity index (χ0n) is 7.83. The van der Waals surface area contributed by atoms with Crippen molar-refractivity contribution in [2.75, 3.05) is 0 Å². The van der Waals surface area contributed by atoms with Gasteiger partial charge < -0.3 is 5.11 Å². The van der Waals surface area contributed by atoms with Crippen LogP contribution in [0.4, 0.5) is 0 Å². The molecular weight excluding hydrogens is 150 g/mol. The first-order chi connectivity index (χ1) is 5.65. The standard InChI is InChI=1S/C10H15NO/c1-4-9(6-8(3)12)10(5-2)7-11/h5-6,8,12H,4H2,1-3H3/b9-6-,10-5+. The Morgan fingerprint density at radius 1 is 1.67 bits per heavy atom. The molecule has 0 heterocycles. The maximum atomic E-state index is 9.08. The van der Waals surface area contributed by atoms with Gasteiger partial charge in [0.2, 0.25) is 0 Å². The smallest absolute Gasteiger partial charge is 0.0990 e. The normalized spacial score (nSPS) is 15.6. The van der Waals surface area contributed by atoms with E-state index in [9.17, 15) is 0 Å². The lowest BCUT2D eigenvalue weighted by atomic mass is 10.0. The molecule has 0 radical (unpaired) electrons. The Labute approximate surface area is 73.8 Å². The molecule has 0 saturated carbocycles. The first-order valence-corrected chi connectivity index (χ1v) is 4.11. The van der Waals surface area contributed by atoms with Gasteiger partial charge >= 0.3 is 0 Å². The van der Waals surface area contributed by atoms with E-state index in [1.807, 2.05) is 13.8 Å². The summed E-state index contributed by atoms with van der Waals surface area (Å²) in [4.78, 5) is 0. The van der Waals surface area contributed by atoms with Crippen LogP contribution in [0.3, 0.4) is 0 Å². The molecule has 66 valence electrons. The largest absolute Gasteiger partial charge is 0.389 e. The molecule has 0 aliphatic heterocycles. The molecule has 0 amide bonds. The summed E-state index contributed by atoms with van der Waals surface area (Å²) in [5, 5.41) is 17.8. The Balaban J connectivity index is 4.69. The number of aliphatic hydroxyl groups excluding tert-OH is 1. The molecule has 0 bridgehead atoms. The monoisotopic (exact) mass is 165 g/mol. The number of aliphatic hydroxyl groups is 1. The fourth-order valence-corrected chi connectivity index (χ4v) is 1.01. The molecule has 1 unspecified atom stereocenters. The van der Waals surface area contributed by atoms with Gasteiger partial charge in [-0.3, -0.25) is 0 Å². The number of nitrogens with zero attached hydrogens (tertiary/aromatic N) is 1. The van der Waals surface area contributed by atoms with Crippen molar-refractivity contribution in [1.82, 2.24) is 0 Å². The third kappa shape index (κ3) is 3.36. The van der Waals surface area contributed by atoms with Gasteiger partial charge in [-0.05, 0) is 25.8 Å². The first-order valence-electron chi connectivity index (χ1n) is 4.11. The van der Waals surface area contributed by atoms with E-state index in [4.69, 9.17) is 10.4 Å². The molecular formula is C10H15NO. The van der Waals surface area contributed by atoms with Crippen molar-refractivity contribution >= 4 is 0 Å². The van der Waals surface area contributed by atoms with Crippen molar-refractivity contribution in [3.63, 3.8) is 0 Å². The van der Waals surface area contributed by atoms with Crippen LogP contribution in [0.25, 0.3) is 0 Å². The summed E-state index contributed by atoms with van der Waals surface area (Å²) in [5.41, 5.74) is 1.56. The molecule has 12 heavy (non-hydrogen) atoms. The number of nitriles is 1. The van der Waals surface area contributed by atoms with E-state index in [0.717, 1.165) is 12.0 Å². The van der Waals surface area contributed by atoms with Gasteiger partial charge in [0.1, 0.15) is 0 Å². The minimum atomic E-state index is -0.483. The van der Waals surface area contributed by atoms with Gasteiger partial charge in [-0.2, -0.15) is 5.26 Å². The maximum Gasteiger partial charge on any atom is 0.0990 e. The van der Waals surface area contributed by atoms with Crippen molar-refractivity contribution < 1.29 is 5.11 Å². The molecule has 0 aliphatic carbocycles. The topological polar surface area (TPSA) is 44.0 Å². The second-order valence-corrected chi connectivity index (χ2v) is 2.60. The van der Waals surface area contributed by atoms with Gasteiger partial charge in [-0.15, -0.1) is 0 Å². The Morgan fingerprint density at radius 2 is 2.25 bits per heavy atom. The van der Waals surface area contributed by atoms with Crippen LogP contribution in [-0.4, -0.2) is 11.2 Å². The predicted octanol–water partition coefficient (Wildman–Crippen LogP) is 2.17. The second-order valence-electron chi connectivity index (χ2n) is 2.60. The van der Waals surface area contributed by atoms with Crippen LogP contribution in [0, 0.1) is 11.3 Å². The van der Waals surface area contributed by atoms with Crippen molar-refractivity contribution in [1.29, 1.82) is 5.26 Å². The van der Waals surface area contributed by atoms with E-state index in [2.05, 4.69) is 6.07 Å². The Kier molecular flexibility index (Phi) is 5.07. The summed E-state index contributed by atoms with van der Waals surface area (Å²) in [7, 11) is 0. The predicted molar refractivity (Wildman–Crippen MR) is 49.4 cm³/mol. The lowest BCUT2D eigenvalue weighted by molar-refractivity contribution is 0.243. The molecule has 2 heteroatoms. The molecule has 0 aromatic carbocycles. The third-order valence-electron chi connectivity index (χ3n) is 1.58. The number of hydrogen-bond donors (Lipinski definition) is 1. The van der Waals surface area contributed by atoms with Gasteiger partial charge in [-0.25, -0.2) is 0 Å². The summed E-state index contributed by atoms with van der Waals surface area (Å²) in [5.74, 6) is 0. The van der Waals surface area contributed by atoms with Crippen LogP contribution in [0.15, 0.2) is 23.3 Å². The molecule has 0 aromatic heterocycles. The van der Waals surface area contributed by atoms with Crippen LogP contribution >= 0.6 is 0 Å². The molecule has 0 saturated heterocycles. The third-order valence-corrected chi connectivity index (χ3v) is 1.58. The fraction of sp³-hybridized carbons (Fsp3) is 0.500. The molecule has 2 nitrogen and oxygen atoms in total. The van der Waals surface area contributed by atoms with Gasteiger partial charge in [0.05, 0.1) is 17.7 Å². The van der Waals surface area contributed by atoms with Gasteiger partial charge in [0, 0.05) is 0 Å². The fourth-order valence-electron chi connectivity index (χ4n) is 1.01. The Morgan fingerprint density at radius 3 is 2.50 bits per heavy atom. The maximum absolute atomic E-state index is 9.08. The average molecular weight is 165 g/mol. The number of hydrogen-bond acceptors (Lipinski definition) is 2. The summed E-state index contributed by atoms with van der Waals surface area (Å²) >= 11 is 0. The first kappa shape index (κ1) is 10.9. The molecule has 1 atom stereocenters. The highest BCUT2D eigenvalue weighted by Crippen LogP contribution is 2.13.